The lowest BCUT2D eigenvalue weighted by Crippen LogP contribution is -2.42. The van der Waals surface area contributed by atoms with E-state index in [2.05, 4.69) is 55.3 Å². The summed E-state index contributed by atoms with van der Waals surface area (Å²) in [7, 11) is -0.0769. The molecule has 0 saturated carbocycles. The summed E-state index contributed by atoms with van der Waals surface area (Å²) >= 11 is 0. The summed E-state index contributed by atoms with van der Waals surface area (Å²) < 4.78 is 8.60. The molecule has 3 rings (SSSR count). The van der Waals surface area contributed by atoms with Crippen molar-refractivity contribution in [3.8, 4) is 11.3 Å². The van der Waals surface area contributed by atoms with E-state index < -0.39 is 8.32 Å². The molecule has 2 aromatic heterocycles. The Morgan fingerprint density at radius 2 is 2.00 bits per heavy atom. The zero-order valence-electron chi connectivity index (χ0n) is 18.7. The molecule has 0 spiro atoms. The Hall–Kier alpha value is -1.99. The molecule has 158 valence electrons. The number of fused-ring (bicyclic) bond motifs is 4. The number of rotatable bonds is 2. The van der Waals surface area contributed by atoms with Gasteiger partial charge < -0.3 is 9.74 Å². The SMILES string of the molecule is C[C@@H]1CCCC(O[Si](C)(C)C(C)(C)C)c2cc(ccn2)-c2c(cnn2C)NC1=O. The number of hydrogen-bond acceptors (Lipinski definition) is 4. The second-order valence-electron chi connectivity index (χ2n) is 9.69. The van der Waals surface area contributed by atoms with E-state index in [1.165, 1.54) is 0 Å². The molecule has 0 aliphatic carbocycles. The molecule has 0 radical (unpaired) electrons. The van der Waals surface area contributed by atoms with E-state index in [1.807, 2.05) is 26.2 Å². The molecule has 7 heteroatoms. The van der Waals surface area contributed by atoms with Crippen molar-refractivity contribution in [3.05, 3.63) is 30.2 Å². The first kappa shape index (κ1) is 21.7. The van der Waals surface area contributed by atoms with E-state index in [1.54, 1.807) is 10.9 Å². The first-order valence-corrected chi connectivity index (χ1v) is 13.4. The molecule has 2 atom stereocenters. The maximum atomic E-state index is 12.7. The Morgan fingerprint density at radius 1 is 1.28 bits per heavy atom. The van der Waals surface area contributed by atoms with E-state index in [0.29, 0.717) is 0 Å². The van der Waals surface area contributed by atoms with Crippen LogP contribution in [-0.2, 0) is 16.3 Å². The molecular formula is C22H34N4O2Si. The Bertz CT molecular complexity index is 885. The fraction of sp³-hybridized carbons (Fsp3) is 0.591. The van der Waals surface area contributed by atoms with Crippen molar-refractivity contribution < 1.29 is 9.22 Å². The topological polar surface area (TPSA) is 69.0 Å². The van der Waals surface area contributed by atoms with Gasteiger partial charge in [0.1, 0.15) is 0 Å². The number of aryl methyl sites for hydroxylation is 1. The molecule has 1 aliphatic heterocycles. The third kappa shape index (κ3) is 4.61. The average molecular weight is 415 g/mol. The third-order valence-electron chi connectivity index (χ3n) is 6.38. The van der Waals surface area contributed by atoms with Gasteiger partial charge in [-0.2, -0.15) is 5.10 Å². The van der Waals surface area contributed by atoms with Crippen LogP contribution >= 0.6 is 0 Å². The highest BCUT2D eigenvalue weighted by Gasteiger charge is 2.39. The van der Waals surface area contributed by atoms with Crippen molar-refractivity contribution in [1.29, 1.82) is 0 Å². The molecule has 2 bridgehead atoms. The van der Waals surface area contributed by atoms with Gasteiger partial charge in [0.2, 0.25) is 5.91 Å². The van der Waals surface area contributed by atoms with Gasteiger partial charge in [-0.15, -0.1) is 0 Å². The van der Waals surface area contributed by atoms with Crippen LogP contribution in [0.4, 0.5) is 5.69 Å². The van der Waals surface area contributed by atoms with Gasteiger partial charge in [-0.3, -0.25) is 14.5 Å². The second kappa shape index (κ2) is 8.03. The summed E-state index contributed by atoms with van der Waals surface area (Å²) in [5.74, 6) is -0.0294. The highest BCUT2D eigenvalue weighted by Crippen LogP contribution is 2.41. The number of aromatic nitrogens is 3. The van der Waals surface area contributed by atoms with E-state index >= 15 is 0 Å². The summed E-state index contributed by atoms with van der Waals surface area (Å²) in [6, 6.07) is 4.06. The highest BCUT2D eigenvalue weighted by molar-refractivity contribution is 6.74. The lowest BCUT2D eigenvalue weighted by Gasteiger charge is -2.39. The Kier molecular flexibility index (Phi) is 6.01. The van der Waals surface area contributed by atoms with E-state index in [-0.39, 0.29) is 23.0 Å². The van der Waals surface area contributed by atoms with Crippen LogP contribution in [-0.4, -0.2) is 29.0 Å². The Morgan fingerprint density at radius 3 is 2.69 bits per heavy atom. The summed E-state index contributed by atoms with van der Waals surface area (Å²) in [4.78, 5) is 17.4. The first-order chi connectivity index (χ1) is 13.5. The molecule has 2 aromatic rings. The number of nitrogens with one attached hydrogen (secondary N) is 1. The molecule has 1 N–H and O–H groups in total. The molecule has 6 nitrogen and oxygen atoms in total. The van der Waals surface area contributed by atoms with Crippen LogP contribution < -0.4 is 5.32 Å². The maximum Gasteiger partial charge on any atom is 0.227 e. The number of pyridine rings is 1. The molecule has 0 fully saturated rings. The van der Waals surface area contributed by atoms with E-state index in [0.717, 1.165) is 41.9 Å². The third-order valence-corrected chi connectivity index (χ3v) is 10.9. The maximum absolute atomic E-state index is 12.7. The van der Waals surface area contributed by atoms with Crippen LogP contribution in [0.3, 0.4) is 0 Å². The number of hydrogen-bond donors (Lipinski definition) is 1. The summed E-state index contributed by atoms with van der Waals surface area (Å²) in [6.07, 6.45) is 6.08. The monoisotopic (exact) mass is 414 g/mol. The van der Waals surface area contributed by atoms with Gasteiger partial charge >= 0.3 is 0 Å². The van der Waals surface area contributed by atoms with E-state index in [4.69, 9.17) is 4.43 Å². The molecule has 0 aromatic carbocycles. The quantitative estimate of drug-likeness (QED) is 0.677. The van der Waals surface area contributed by atoms with Crippen molar-refractivity contribution in [2.75, 3.05) is 5.32 Å². The second-order valence-corrected chi connectivity index (χ2v) is 14.4. The van der Waals surface area contributed by atoms with Crippen LogP contribution in [0.5, 0.6) is 0 Å². The number of nitrogens with zero attached hydrogens (tertiary/aromatic N) is 3. The van der Waals surface area contributed by atoms with Crippen molar-refractivity contribution in [2.45, 2.75) is 71.2 Å². The van der Waals surface area contributed by atoms with Crippen LogP contribution in [0.25, 0.3) is 11.3 Å². The minimum absolute atomic E-state index is 0.0379. The summed E-state index contributed by atoms with van der Waals surface area (Å²) in [5.41, 5.74) is 3.58. The summed E-state index contributed by atoms with van der Waals surface area (Å²) in [6.45, 7) is 13.3. The van der Waals surface area contributed by atoms with Gasteiger partial charge in [-0.25, -0.2) is 0 Å². The van der Waals surface area contributed by atoms with Crippen LogP contribution in [0.15, 0.2) is 24.5 Å². The molecule has 1 amide bonds. The minimum Gasteiger partial charge on any atom is -0.408 e. The molecule has 1 aliphatic rings. The zero-order valence-corrected chi connectivity index (χ0v) is 19.7. The van der Waals surface area contributed by atoms with Gasteiger partial charge in [0.15, 0.2) is 8.32 Å². The number of anilines is 1. The van der Waals surface area contributed by atoms with Crippen molar-refractivity contribution in [3.63, 3.8) is 0 Å². The van der Waals surface area contributed by atoms with Crippen LogP contribution in [0.1, 0.15) is 58.8 Å². The van der Waals surface area contributed by atoms with Gasteiger partial charge in [0.25, 0.3) is 0 Å². The first-order valence-electron chi connectivity index (χ1n) is 10.5. The largest absolute Gasteiger partial charge is 0.408 e. The fourth-order valence-corrected chi connectivity index (χ4v) is 4.74. The highest BCUT2D eigenvalue weighted by atomic mass is 28.4. The van der Waals surface area contributed by atoms with Gasteiger partial charge in [0, 0.05) is 24.7 Å². The van der Waals surface area contributed by atoms with Crippen LogP contribution in [0.2, 0.25) is 18.1 Å². The lowest BCUT2D eigenvalue weighted by atomic mass is 9.98. The van der Waals surface area contributed by atoms with Crippen LogP contribution in [0, 0.1) is 5.92 Å². The molecule has 3 heterocycles. The predicted molar refractivity (Wildman–Crippen MR) is 119 cm³/mol. The zero-order chi connectivity index (χ0) is 21.4. The Balaban J connectivity index is 2.06. The van der Waals surface area contributed by atoms with Gasteiger partial charge in [-0.1, -0.05) is 27.7 Å². The fourth-order valence-electron chi connectivity index (χ4n) is 3.44. The molecule has 1 unspecified atom stereocenters. The normalized spacial score (nSPS) is 21.0. The smallest absolute Gasteiger partial charge is 0.227 e. The van der Waals surface area contributed by atoms with Crippen molar-refractivity contribution in [1.82, 2.24) is 14.8 Å². The van der Waals surface area contributed by atoms with E-state index in [9.17, 15) is 4.79 Å². The van der Waals surface area contributed by atoms with Gasteiger partial charge in [-0.05, 0) is 49.5 Å². The number of carbonyl (C=O) groups excluding carboxylic acids is 1. The molecular weight excluding hydrogens is 380 g/mol. The number of amides is 1. The standard InChI is InChI=1S/C22H34N4O2Si/c1-15-9-8-10-19(28-29(6,7)22(2,3)4)17-13-16(11-12-23-17)20-18(25-21(15)27)14-24-26(20)5/h11-15,19H,8-10H2,1-7H3,(H,25,27)/t15-,19?/m1/s1. The average Bonchev–Trinajstić information content (AvgIpc) is 2.99. The molecule has 29 heavy (non-hydrogen) atoms. The van der Waals surface area contributed by atoms with Gasteiger partial charge in [0.05, 0.1) is 29.4 Å². The van der Waals surface area contributed by atoms with Crippen molar-refractivity contribution in [2.24, 2.45) is 13.0 Å². The predicted octanol–water partition coefficient (Wildman–Crippen LogP) is 5.30. The molecule has 0 saturated heterocycles. The minimum atomic E-state index is -1.97. The number of carbonyl (C=O) groups is 1. The van der Waals surface area contributed by atoms with Crippen molar-refractivity contribution >= 4 is 19.9 Å². The lowest BCUT2D eigenvalue weighted by molar-refractivity contribution is -0.119. The Labute approximate surface area is 175 Å². The summed E-state index contributed by atoms with van der Waals surface area (Å²) in [5, 5.41) is 7.55.